The van der Waals surface area contributed by atoms with Crippen molar-refractivity contribution in [2.45, 2.75) is 44.2 Å². The molecule has 0 heterocycles. The fourth-order valence-corrected chi connectivity index (χ4v) is 2.53. The summed E-state index contributed by atoms with van der Waals surface area (Å²) in [6, 6.07) is 9.40. The summed E-state index contributed by atoms with van der Waals surface area (Å²) in [6.07, 6.45) is 7.52. The van der Waals surface area contributed by atoms with E-state index in [2.05, 4.69) is 11.0 Å². The summed E-state index contributed by atoms with van der Waals surface area (Å²) < 4.78 is 0. The van der Waals surface area contributed by atoms with E-state index in [1.54, 1.807) is 0 Å². The lowest BCUT2D eigenvalue weighted by Crippen LogP contribution is -2.42. The Hall–Kier alpha value is -1.31. The number of carbonyl (C=O) groups is 1. The smallest absolute Gasteiger partial charge is 0.152 e. The predicted octanol–water partition coefficient (Wildman–Crippen LogP) is 3.02. The van der Waals surface area contributed by atoms with E-state index in [1.165, 1.54) is 32.1 Å². The van der Waals surface area contributed by atoms with Crippen LogP contribution in [0.4, 0.5) is 5.69 Å². The van der Waals surface area contributed by atoms with E-state index in [1.807, 2.05) is 18.2 Å². The van der Waals surface area contributed by atoms with Gasteiger partial charge in [0.25, 0.3) is 0 Å². The van der Waals surface area contributed by atoms with Gasteiger partial charge in [-0.1, -0.05) is 12.1 Å². The average molecular weight is 215 g/mol. The molecule has 2 saturated carbocycles. The molecular formula is C14H17NO. The molecule has 1 aromatic carbocycles. The number of rotatable bonds is 4. The summed E-state index contributed by atoms with van der Waals surface area (Å²) in [6.45, 7) is 0. The molecule has 2 fully saturated rings. The van der Waals surface area contributed by atoms with E-state index in [4.69, 9.17) is 0 Å². The summed E-state index contributed by atoms with van der Waals surface area (Å²) in [7, 11) is 0. The fourth-order valence-electron chi connectivity index (χ4n) is 2.53. The first-order valence-electron chi connectivity index (χ1n) is 6.22. The number of aldehydes is 1. The van der Waals surface area contributed by atoms with Gasteiger partial charge in [-0.15, -0.1) is 0 Å². The Kier molecular flexibility index (Phi) is 2.43. The van der Waals surface area contributed by atoms with E-state index in [9.17, 15) is 4.79 Å². The molecule has 1 aromatic rings. The van der Waals surface area contributed by atoms with Crippen molar-refractivity contribution >= 4 is 12.0 Å². The van der Waals surface area contributed by atoms with Gasteiger partial charge in [0.1, 0.15) is 0 Å². The highest BCUT2D eigenvalue weighted by molar-refractivity contribution is 5.85. The first-order chi connectivity index (χ1) is 7.90. The molecule has 2 aliphatic rings. The van der Waals surface area contributed by atoms with Crippen LogP contribution in [-0.2, 0) is 0 Å². The zero-order chi connectivity index (χ0) is 11.0. The molecule has 0 aromatic heterocycles. The molecule has 0 radical (unpaired) electrons. The van der Waals surface area contributed by atoms with Crippen molar-refractivity contribution in [1.82, 2.24) is 0 Å². The zero-order valence-electron chi connectivity index (χ0n) is 9.43. The second-order valence-corrected chi connectivity index (χ2v) is 4.90. The Bertz CT molecular complexity index is 393. The number of nitrogens with zero attached hydrogens (tertiary/aromatic N) is 1. The maximum atomic E-state index is 11.1. The molecule has 0 atom stereocenters. The van der Waals surface area contributed by atoms with Crippen molar-refractivity contribution in [2.24, 2.45) is 0 Å². The second kappa shape index (κ2) is 3.93. The van der Waals surface area contributed by atoms with Crippen LogP contribution in [0.2, 0.25) is 0 Å². The number of hydrogen-bond donors (Lipinski definition) is 0. The standard InChI is InChI=1S/C14H17NO/c16-10-11-4-1-2-7-14(11)15(13-8-9-13)12-5-3-6-12/h1-2,4,7,10,12-13H,3,5-6,8-9H2. The Labute approximate surface area is 96.3 Å². The highest BCUT2D eigenvalue weighted by Gasteiger charge is 2.37. The van der Waals surface area contributed by atoms with Crippen LogP contribution in [0.15, 0.2) is 24.3 Å². The van der Waals surface area contributed by atoms with Gasteiger partial charge >= 0.3 is 0 Å². The van der Waals surface area contributed by atoms with Gasteiger partial charge in [0.05, 0.1) is 0 Å². The van der Waals surface area contributed by atoms with Crippen molar-refractivity contribution in [3.05, 3.63) is 29.8 Å². The molecule has 16 heavy (non-hydrogen) atoms. The number of hydrogen-bond acceptors (Lipinski definition) is 2. The number of carbonyl (C=O) groups excluding carboxylic acids is 1. The largest absolute Gasteiger partial charge is 0.365 e. The molecule has 2 nitrogen and oxygen atoms in total. The van der Waals surface area contributed by atoms with E-state index >= 15 is 0 Å². The Morgan fingerprint density at radius 3 is 2.31 bits per heavy atom. The minimum Gasteiger partial charge on any atom is -0.365 e. The van der Waals surface area contributed by atoms with Crippen molar-refractivity contribution in [3.63, 3.8) is 0 Å². The molecular weight excluding hydrogens is 198 g/mol. The van der Waals surface area contributed by atoms with Crippen molar-refractivity contribution in [3.8, 4) is 0 Å². The molecule has 0 saturated heterocycles. The number of anilines is 1. The van der Waals surface area contributed by atoms with Crippen LogP contribution in [0.3, 0.4) is 0 Å². The van der Waals surface area contributed by atoms with Crippen LogP contribution >= 0.6 is 0 Å². The van der Waals surface area contributed by atoms with E-state index in [0.29, 0.717) is 12.1 Å². The van der Waals surface area contributed by atoms with Crippen LogP contribution in [-0.4, -0.2) is 18.4 Å². The van der Waals surface area contributed by atoms with Crippen LogP contribution in [0.5, 0.6) is 0 Å². The molecule has 3 rings (SSSR count). The van der Waals surface area contributed by atoms with E-state index < -0.39 is 0 Å². The third kappa shape index (κ3) is 1.62. The Balaban J connectivity index is 1.94. The van der Waals surface area contributed by atoms with Gasteiger partial charge in [-0.3, -0.25) is 4.79 Å². The Morgan fingerprint density at radius 2 is 1.75 bits per heavy atom. The molecule has 0 spiro atoms. The normalized spacial score (nSPS) is 20.2. The van der Waals surface area contributed by atoms with Crippen LogP contribution in [0.1, 0.15) is 42.5 Å². The van der Waals surface area contributed by atoms with Gasteiger partial charge in [-0.05, 0) is 44.2 Å². The topological polar surface area (TPSA) is 20.3 Å². The molecule has 0 bridgehead atoms. The maximum absolute atomic E-state index is 11.1. The fraction of sp³-hybridized carbons (Fsp3) is 0.500. The quantitative estimate of drug-likeness (QED) is 0.719. The first kappa shape index (κ1) is 9.88. The van der Waals surface area contributed by atoms with Crippen LogP contribution in [0.25, 0.3) is 0 Å². The first-order valence-corrected chi connectivity index (χ1v) is 6.22. The van der Waals surface area contributed by atoms with Crippen molar-refractivity contribution in [1.29, 1.82) is 0 Å². The molecule has 2 heteroatoms. The molecule has 0 N–H and O–H groups in total. The highest BCUT2D eigenvalue weighted by atomic mass is 16.1. The minimum absolute atomic E-state index is 0.689. The predicted molar refractivity (Wildman–Crippen MR) is 65.0 cm³/mol. The van der Waals surface area contributed by atoms with Crippen LogP contribution in [0, 0.1) is 0 Å². The lowest BCUT2D eigenvalue weighted by Gasteiger charge is -2.40. The number of benzene rings is 1. The van der Waals surface area contributed by atoms with E-state index in [-0.39, 0.29) is 0 Å². The summed E-state index contributed by atoms with van der Waals surface area (Å²) in [4.78, 5) is 13.6. The molecule has 84 valence electrons. The maximum Gasteiger partial charge on any atom is 0.152 e. The zero-order valence-corrected chi connectivity index (χ0v) is 9.43. The minimum atomic E-state index is 0.689. The van der Waals surface area contributed by atoms with Gasteiger partial charge < -0.3 is 4.90 Å². The van der Waals surface area contributed by atoms with Gasteiger partial charge in [0.2, 0.25) is 0 Å². The highest BCUT2D eigenvalue weighted by Crippen LogP contribution is 2.40. The molecule has 0 unspecified atom stereocenters. The lowest BCUT2D eigenvalue weighted by atomic mass is 9.90. The van der Waals surface area contributed by atoms with Gasteiger partial charge in [0.15, 0.2) is 6.29 Å². The summed E-state index contributed by atoms with van der Waals surface area (Å²) in [5.74, 6) is 0. The second-order valence-electron chi connectivity index (χ2n) is 4.90. The van der Waals surface area contributed by atoms with Crippen molar-refractivity contribution in [2.75, 3.05) is 4.90 Å². The molecule has 0 aliphatic heterocycles. The average Bonchev–Trinajstić information content (AvgIpc) is 3.07. The summed E-state index contributed by atoms with van der Waals surface area (Å²) in [5, 5.41) is 0. The van der Waals surface area contributed by atoms with Gasteiger partial charge in [-0.25, -0.2) is 0 Å². The third-order valence-electron chi connectivity index (χ3n) is 3.75. The third-order valence-corrected chi connectivity index (χ3v) is 3.75. The van der Waals surface area contributed by atoms with E-state index in [0.717, 1.165) is 17.5 Å². The SMILES string of the molecule is O=Cc1ccccc1N(C1CCC1)C1CC1. The Morgan fingerprint density at radius 1 is 1.06 bits per heavy atom. The summed E-state index contributed by atoms with van der Waals surface area (Å²) in [5.41, 5.74) is 2.01. The monoisotopic (exact) mass is 215 g/mol. The van der Waals surface area contributed by atoms with Gasteiger partial charge in [0, 0.05) is 23.3 Å². The number of para-hydroxylation sites is 1. The molecule has 2 aliphatic carbocycles. The molecule has 0 amide bonds. The lowest BCUT2D eigenvalue weighted by molar-refractivity contribution is 0.112. The van der Waals surface area contributed by atoms with Crippen molar-refractivity contribution < 1.29 is 4.79 Å². The van der Waals surface area contributed by atoms with Gasteiger partial charge in [-0.2, -0.15) is 0 Å². The van der Waals surface area contributed by atoms with Crippen LogP contribution < -0.4 is 4.90 Å². The summed E-state index contributed by atoms with van der Waals surface area (Å²) >= 11 is 0.